The zero-order valence-electron chi connectivity index (χ0n) is 11.1. The van der Waals surface area contributed by atoms with Gasteiger partial charge in [-0.2, -0.15) is 5.10 Å². The van der Waals surface area contributed by atoms with Gasteiger partial charge in [-0.05, 0) is 37.8 Å². The van der Waals surface area contributed by atoms with Crippen LogP contribution in [0.3, 0.4) is 0 Å². The van der Waals surface area contributed by atoms with Crippen molar-refractivity contribution < 1.29 is 4.79 Å². The molecule has 1 saturated carbocycles. The maximum atomic E-state index is 11.9. The number of aromatic nitrogens is 2. The monoisotopic (exact) mass is 284 g/mol. The van der Waals surface area contributed by atoms with Crippen LogP contribution < -0.4 is 10.6 Å². The van der Waals surface area contributed by atoms with E-state index in [9.17, 15) is 4.79 Å². The van der Waals surface area contributed by atoms with E-state index in [1.165, 1.54) is 6.42 Å². The Morgan fingerprint density at radius 3 is 3.00 bits per heavy atom. The van der Waals surface area contributed by atoms with Crippen molar-refractivity contribution in [3.63, 3.8) is 0 Å². The first-order chi connectivity index (χ1) is 8.74. The minimum Gasteiger partial charge on any atom is -0.348 e. The lowest BCUT2D eigenvalue weighted by atomic mass is 10.1. The SMILES string of the molecule is CC1CC1NC(=O)c1ccn(C2CCCNC2)n1.Cl. The summed E-state index contributed by atoms with van der Waals surface area (Å²) in [5.41, 5.74) is 0.541. The number of piperidine rings is 1. The number of amides is 1. The molecular weight excluding hydrogens is 264 g/mol. The maximum absolute atomic E-state index is 11.9. The Morgan fingerprint density at radius 1 is 1.58 bits per heavy atom. The molecule has 1 aromatic heterocycles. The second-order valence-electron chi connectivity index (χ2n) is 5.47. The van der Waals surface area contributed by atoms with Crippen molar-refractivity contribution in [1.29, 1.82) is 0 Å². The van der Waals surface area contributed by atoms with Gasteiger partial charge in [0.25, 0.3) is 5.91 Å². The number of carbonyl (C=O) groups excluding carboxylic acids is 1. The fraction of sp³-hybridized carbons (Fsp3) is 0.692. The van der Waals surface area contributed by atoms with Crippen LogP contribution in [0.2, 0.25) is 0 Å². The van der Waals surface area contributed by atoms with E-state index in [0.717, 1.165) is 25.9 Å². The highest BCUT2D eigenvalue weighted by Crippen LogP contribution is 2.29. The van der Waals surface area contributed by atoms with E-state index < -0.39 is 0 Å². The van der Waals surface area contributed by atoms with E-state index >= 15 is 0 Å². The molecule has 0 bridgehead atoms. The highest BCUT2D eigenvalue weighted by Gasteiger charge is 2.34. The standard InChI is InChI=1S/C13H20N4O.ClH/c1-9-7-12(9)15-13(18)11-4-6-17(16-11)10-3-2-5-14-8-10;/h4,6,9-10,12,14H,2-3,5,7-8H2,1H3,(H,15,18);1H. The molecule has 19 heavy (non-hydrogen) atoms. The van der Waals surface area contributed by atoms with Crippen molar-refractivity contribution in [2.45, 2.75) is 38.3 Å². The van der Waals surface area contributed by atoms with Crippen LogP contribution in [0.25, 0.3) is 0 Å². The summed E-state index contributed by atoms with van der Waals surface area (Å²) in [6, 6.07) is 2.57. The molecule has 3 atom stereocenters. The Labute approximate surface area is 119 Å². The molecule has 2 fully saturated rings. The molecule has 3 rings (SSSR count). The maximum Gasteiger partial charge on any atom is 0.272 e. The van der Waals surface area contributed by atoms with Gasteiger partial charge in [0, 0.05) is 18.8 Å². The van der Waals surface area contributed by atoms with Crippen LogP contribution in [-0.2, 0) is 0 Å². The predicted molar refractivity (Wildman–Crippen MR) is 75.7 cm³/mol. The van der Waals surface area contributed by atoms with Gasteiger partial charge >= 0.3 is 0 Å². The third-order valence-corrected chi connectivity index (χ3v) is 3.91. The number of hydrogen-bond donors (Lipinski definition) is 2. The van der Waals surface area contributed by atoms with Crippen LogP contribution in [-0.4, -0.2) is 34.8 Å². The van der Waals surface area contributed by atoms with E-state index in [0.29, 0.717) is 23.7 Å². The van der Waals surface area contributed by atoms with Crippen LogP contribution in [0.4, 0.5) is 0 Å². The molecule has 2 N–H and O–H groups in total. The molecule has 0 spiro atoms. The number of nitrogens with zero attached hydrogens (tertiary/aromatic N) is 2. The minimum absolute atomic E-state index is 0. The summed E-state index contributed by atoms with van der Waals surface area (Å²) in [5.74, 6) is 0.588. The second-order valence-corrected chi connectivity index (χ2v) is 5.47. The van der Waals surface area contributed by atoms with Crippen LogP contribution in [0.5, 0.6) is 0 Å². The topological polar surface area (TPSA) is 59.0 Å². The third-order valence-electron chi connectivity index (χ3n) is 3.91. The van der Waals surface area contributed by atoms with Crippen molar-refractivity contribution in [1.82, 2.24) is 20.4 Å². The van der Waals surface area contributed by atoms with Crippen LogP contribution in [0.15, 0.2) is 12.3 Å². The molecule has 106 valence electrons. The van der Waals surface area contributed by atoms with Crippen molar-refractivity contribution in [2.75, 3.05) is 13.1 Å². The Bertz CT molecular complexity index is 442. The predicted octanol–water partition coefficient (Wildman–Crippen LogP) is 1.37. The highest BCUT2D eigenvalue weighted by molar-refractivity contribution is 5.92. The van der Waals surface area contributed by atoms with Gasteiger partial charge in [-0.3, -0.25) is 9.48 Å². The zero-order chi connectivity index (χ0) is 12.5. The molecule has 1 aliphatic carbocycles. The lowest BCUT2D eigenvalue weighted by Gasteiger charge is -2.22. The summed E-state index contributed by atoms with van der Waals surface area (Å²) in [4.78, 5) is 11.9. The summed E-state index contributed by atoms with van der Waals surface area (Å²) >= 11 is 0. The Balaban J connectivity index is 0.00000133. The lowest BCUT2D eigenvalue weighted by molar-refractivity contribution is 0.0943. The molecular formula is C13H21ClN4O. The van der Waals surface area contributed by atoms with Crippen molar-refractivity contribution in [2.24, 2.45) is 5.92 Å². The number of carbonyl (C=O) groups is 1. The summed E-state index contributed by atoms with van der Waals surface area (Å²) in [7, 11) is 0. The highest BCUT2D eigenvalue weighted by atomic mass is 35.5. The van der Waals surface area contributed by atoms with Gasteiger partial charge in [-0.1, -0.05) is 6.92 Å². The first-order valence-corrected chi connectivity index (χ1v) is 6.81. The van der Waals surface area contributed by atoms with E-state index in [1.807, 2.05) is 16.9 Å². The third kappa shape index (κ3) is 3.28. The molecule has 2 heterocycles. The van der Waals surface area contributed by atoms with E-state index in [1.54, 1.807) is 0 Å². The first kappa shape index (κ1) is 14.3. The largest absolute Gasteiger partial charge is 0.348 e. The van der Waals surface area contributed by atoms with Gasteiger partial charge in [0.05, 0.1) is 6.04 Å². The Morgan fingerprint density at radius 2 is 2.37 bits per heavy atom. The molecule has 0 radical (unpaired) electrons. The number of hydrogen-bond acceptors (Lipinski definition) is 3. The van der Waals surface area contributed by atoms with Crippen molar-refractivity contribution >= 4 is 18.3 Å². The average Bonchev–Trinajstić information content (AvgIpc) is 2.92. The normalized spacial score (nSPS) is 29.4. The molecule has 1 amide bonds. The smallest absolute Gasteiger partial charge is 0.272 e. The Kier molecular flexibility index (Phi) is 4.47. The quantitative estimate of drug-likeness (QED) is 0.881. The van der Waals surface area contributed by atoms with Gasteiger partial charge in [0.15, 0.2) is 0 Å². The molecule has 5 nitrogen and oxygen atoms in total. The van der Waals surface area contributed by atoms with Crippen LogP contribution in [0, 0.1) is 5.92 Å². The van der Waals surface area contributed by atoms with Gasteiger partial charge < -0.3 is 10.6 Å². The average molecular weight is 285 g/mol. The van der Waals surface area contributed by atoms with Crippen molar-refractivity contribution in [3.05, 3.63) is 18.0 Å². The lowest BCUT2D eigenvalue weighted by Crippen LogP contribution is -2.32. The minimum atomic E-state index is -0.0353. The molecule has 2 aliphatic rings. The number of nitrogens with one attached hydrogen (secondary N) is 2. The molecule has 1 saturated heterocycles. The first-order valence-electron chi connectivity index (χ1n) is 6.81. The van der Waals surface area contributed by atoms with Gasteiger partial charge in [0.1, 0.15) is 5.69 Å². The van der Waals surface area contributed by atoms with E-state index in [2.05, 4.69) is 22.7 Å². The van der Waals surface area contributed by atoms with Crippen LogP contribution >= 0.6 is 12.4 Å². The number of halogens is 1. The summed E-state index contributed by atoms with van der Waals surface area (Å²) in [6.45, 7) is 4.18. The van der Waals surface area contributed by atoms with Crippen LogP contribution in [0.1, 0.15) is 42.7 Å². The Hall–Kier alpha value is -1.07. The fourth-order valence-electron chi connectivity index (χ4n) is 2.49. The zero-order valence-corrected chi connectivity index (χ0v) is 11.9. The number of rotatable bonds is 3. The molecule has 3 unspecified atom stereocenters. The summed E-state index contributed by atoms with van der Waals surface area (Å²) in [6.07, 6.45) is 5.32. The molecule has 6 heteroatoms. The second kappa shape index (κ2) is 5.92. The van der Waals surface area contributed by atoms with Gasteiger partial charge in [0.2, 0.25) is 0 Å². The molecule has 1 aliphatic heterocycles. The van der Waals surface area contributed by atoms with Gasteiger partial charge in [-0.25, -0.2) is 0 Å². The van der Waals surface area contributed by atoms with E-state index in [4.69, 9.17) is 0 Å². The van der Waals surface area contributed by atoms with Gasteiger partial charge in [-0.15, -0.1) is 12.4 Å². The fourth-order valence-corrected chi connectivity index (χ4v) is 2.49. The molecule has 0 aromatic carbocycles. The summed E-state index contributed by atoms with van der Waals surface area (Å²) in [5, 5.41) is 10.8. The molecule has 1 aromatic rings. The van der Waals surface area contributed by atoms with E-state index in [-0.39, 0.29) is 18.3 Å². The van der Waals surface area contributed by atoms with Crippen molar-refractivity contribution in [3.8, 4) is 0 Å². The summed E-state index contributed by atoms with van der Waals surface area (Å²) < 4.78 is 1.93.